The lowest BCUT2D eigenvalue weighted by Gasteiger charge is -2.37. The number of hydrogen-bond acceptors (Lipinski definition) is 13. The Kier molecular flexibility index (Phi) is 16.6. The standard InChI is InChI=1S/C25H25Cl2N3O5.C24H23Cl2N3O5/c1-14(2)34-22-7-5-16(9-19(22)27)23-10-21(29-35-23)24(31)28-20-6-4-15(8-18(20)26)11-30-12-17(13-30)25(32)33-3;1-13(2)33-21-6-4-15(8-18(21)26)22-9-20(28-34-22)23(30)27-19-5-3-14(7-17(19)25)10-29-11-16(12-29)24(31)32/h4-10,14,17H,11-13H2,1-3H3,(H,28,31);3-9,13,16H,10-12H2,1-2H3,(H,27,30)(H,31,32). The van der Waals surface area contributed by atoms with Crippen molar-refractivity contribution in [2.45, 2.75) is 53.0 Å². The first-order chi connectivity index (χ1) is 32.9. The third-order valence-electron chi connectivity index (χ3n) is 10.8. The zero-order valence-corrected chi connectivity index (χ0v) is 41.1. The van der Waals surface area contributed by atoms with Crippen LogP contribution in [-0.2, 0) is 27.4 Å². The highest BCUT2D eigenvalue weighted by atomic mass is 35.5. The van der Waals surface area contributed by atoms with E-state index in [0.717, 1.165) is 11.1 Å². The minimum atomic E-state index is -0.774. The molecule has 2 fully saturated rings. The second kappa shape index (κ2) is 22.5. The minimum Gasteiger partial charge on any atom is -0.489 e. The lowest BCUT2D eigenvalue weighted by molar-refractivity contribution is -0.151. The molecular formula is C49H48Cl4N6O10. The number of ether oxygens (including phenoxy) is 3. The number of halogens is 4. The molecule has 2 amide bonds. The van der Waals surface area contributed by atoms with Crippen LogP contribution < -0.4 is 20.1 Å². The van der Waals surface area contributed by atoms with Crippen molar-refractivity contribution in [2.24, 2.45) is 11.8 Å². The molecule has 0 saturated carbocycles. The summed E-state index contributed by atoms with van der Waals surface area (Å²) in [5, 5.41) is 23.8. The molecule has 6 aromatic rings. The van der Waals surface area contributed by atoms with Gasteiger partial charge in [-0.25, -0.2) is 0 Å². The van der Waals surface area contributed by atoms with Gasteiger partial charge in [-0.15, -0.1) is 0 Å². The molecule has 0 bridgehead atoms. The number of carboxylic acid groups (broad SMARTS) is 1. The average molecular weight is 1020 g/mol. The fourth-order valence-electron chi connectivity index (χ4n) is 7.32. The molecule has 2 aliphatic rings. The van der Waals surface area contributed by atoms with Crippen LogP contribution in [0.4, 0.5) is 11.4 Å². The molecular weight excluding hydrogens is 974 g/mol. The normalized spacial score (nSPS) is 14.1. The SMILES string of the molecule is CC(C)Oc1ccc(-c2cc(C(=O)Nc3ccc(CN4CC(C(=O)O)C4)cc3Cl)no2)cc1Cl.COC(=O)C1CN(Cc2ccc(NC(=O)c3cc(-c4ccc(OC(C)C)c(Cl)c4)on3)c(Cl)c2)C1. The van der Waals surface area contributed by atoms with Crippen LogP contribution in [0.5, 0.6) is 11.5 Å². The molecule has 8 rings (SSSR count). The zero-order valence-electron chi connectivity index (χ0n) is 38.1. The highest BCUT2D eigenvalue weighted by Gasteiger charge is 2.34. The Hall–Kier alpha value is -6.14. The van der Waals surface area contributed by atoms with Crippen LogP contribution >= 0.6 is 46.4 Å². The van der Waals surface area contributed by atoms with Crippen LogP contribution in [0.3, 0.4) is 0 Å². The van der Waals surface area contributed by atoms with E-state index in [4.69, 9.17) is 74.8 Å². The molecule has 4 heterocycles. The van der Waals surface area contributed by atoms with Crippen LogP contribution in [0, 0.1) is 11.8 Å². The number of anilines is 2. The van der Waals surface area contributed by atoms with Gasteiger partial charge < -0.3 is 39.0 Å². The van der Waals surface area contributed by atoms with Crippen LogP contribution in [0.2, 0.25) is 20.1 Å². The van der Waals surface area contributed by atoms with Gasteiger partial charge in [0.05, 0.1) is 62.6 Å². The number of hydrogen-bond donors (Lipinski definition) is 3. The quantitative estimate of drug-likeness (QED) is 0.0774. The molecule has 20 heteroatoms. The van der Waals surface area contributed by atoms with Crippen molar-refractivity contribution >= 4 is 81.5 Å². The van der Waals surface area contributed by atoms with Crippen LogP contribution in [-0.4, -0.2) is 94.5 Å². The largest absolute Gasteiger partial charge is 0.489 e. The maximum Gasteiger partial charge on any atom is 0.311 e. The fraction of sp³-hybridized carbons (Fsp3) is 0.306. The van der Waals surface area contributed by atoms with Crippen molar-refractivity contribution in [2.75, 3.05) is 43.9 Å². The third kappa shape index (κ3) is 13.1. The van der Waals surface area contributed by atoms with Gasteiger partial charge in [0.1, 0.15) is 11.5 Å². The number of carboxylic acids is 1. The van der Waals surface area contributed by atoms with Gasteiger partial charge in [-0.2, -0.15) is 0 Å². The molecule has 0 unspecified atom stereocenters. The molecule has 0 radical (unpaired) electrons. The van der Waals surface area contributed by atoms with Gasteiger partial charge in [0, 0.05) is 62.5 Å². The van der Waals surface area contributed by atoms with Crippen molar-refractivity contribution in [3.8, 4) is 34.1 Å². The summed E-state index contributed by atoms with van der Waals surface area (Å²) in [4.78, 5) is 52.0. The predicted molar refractivity (Wildman–Crippen MR) is 261 cm³/mol. The molecule has 2 aliphatic heterocycles. The number of carbonyl (C=O) groups excluding carboxylic acids is 3. The maximum atomic E-state index is 12.7. The zero-order chi connectivity index (χ0) is 49.5. The van der Waals surface area contributed by atoms with Gasteiger partial charge in [-0.3, -0.25) is 29.0 Å². The van der Waals surface area contributed by atoms with Crippen molar-refractivity contribution in [3.05, 3.63) is 128 Å². The lowest BCUT2D eigenvalue weighted by atomic mass is 9.99. The van der Waals surface area contributed by atoms with Gasteiger partial charge in [0.2, 0.25) is 0 Å². The molecule has 3 N–H and O–H groups in total. The highest BCUT2D eigenvalue weighted by molar-refractivity contribution is 6.34. The Balaban J connectivity index is 0.000000204. The van der Waals surface area contributed by atoms with E-state index in [2.05, 4.69) is 25.8 Å². The molecule has 0 spiro atoms. The number of nitrogens with one attached hydrogen (secondary N) is 2. The summed E-state index contributed by atoms with van der Waals surface area (Å²) in [7, 11) is 1.40. The smallest absolute Gasteiger partial charge is 0.311 e. The molecule has 0 aliphatic carbocycles. The first-order valence-electron chi connectivity index (χ1n) is 21.7. The summed E-state index contributed by atoms with van der Waals surface area (Å²) in [5.41, 5.74) is 4.32. The average Bonchev–Trinajstić information content (AvgIpc) is 3.98. The Morgan fingerprint density at radius 3 is 1.41 bits per heavy atom. The van der Waals surface area contributed by atoms with Gasteiger partial charge in [0.15, 0.2) is 22.9 Å². The number of benzene rings is 4. The van der Waals surface area contributed by atoms with E-state index in [1.165, 1.54) is 19.2 Å². The van der Waals surface area contributed by atoms with Crippen LogP contribution in [0.25, 0.3) is 22.6 Å². The van der Waals surface area contributed by atoms with Crippen molar-refractivity contribution in [1.29, 1.82) is 0 Å². The number of rotatable bonds is 16. The molecule has 4 aromatic carbocycles. The maximum absolute atomic E-state index is 12.7. The fourth-order valence-corrected chi connectivity index (χ4v) is 8.27. The Bertz CT molecular complexity index is 2840. The summed E-state index contributed by atoms with van der Waals surface area (Å²) in [5.74, 6) is -0.366. The summed E-state index contributed by atoms with van der Waals surface area (Å²) >= 11 is 25.3. The van der Waals surface area contributed by atoms with E-state index in [9.17, 15) is 19.2 Å². The Labute approximate surface area is 417 Å². The highest BCUT2D eigenvalue weighted by Crippen LogP contribution is 2.34. The van der Waals surface area contributed by atoms with Crippen LogP contribution in [0.1, 0.15) is 59.8 Å². The molecule has 2 saturated heterocycles. The number of esters is 1. The second-order valence-corrected chi connectivity index (χ2v) is 18.6. The topological polar surface area (TPSA) is 199 Å². The van der Waals surface area contributed by atoms with Crippen molar-refractivity contribution < 1.29 is 47.5 Å². The van der Waals surface area contributed by atoms with Crippen molar-refractivity contribution in [1.82, 2.24) is 20.1 Å². The number of likely N-dealkylation sites (tertiary alicyclic amines) is 2. The lowest BCUT2D eigenvalue weighted by Crippen LogP contribution is -2.49. The van der Waals surface area contributed by atoms with Gasteiger partial charge >= 0.3 is 11.9 Å². The van der Waals surface area contributed by atoms with Gasteiger partial charge in [0.25, 0.3) is 11.8 Å². The van der Waals surface area contributed by atoms with Gasteiger partial charge in [-0.05, 0) is 99.5 Å². The van der Waals surface area contributed by atoms with Crippen molar-refractivity contribution in [3.63, 3.8) is 0 Å². The summed E-state index contributed by atoms with van der Waals surface area (Å²) in [6, 6.07) is 24.2. The first kappa shape index (κ1) is 50.7. The summed E-state index contributed by atoms with van der Waals surface area (Å²) in [6.45, 7) is 11.2. The van der Waals surface area contributed by atoms with E-state index < -0.39 is 17.8 Å². The van der Waals surface area contributed by atoms with E-state index in [1.54, 1.807) is 60.7 Å². The van der Waals surface area contributed by atoms with E-state index in [0.29, 0.717) is 105 Å². The molecule has 362 valence electrons. The summed E-state index contributed by atoms with van der Waals surface area (Å²) < 4.78 is 26.7. The van der Waals surface area contributed by atoms with E-state index in [-0.39, 0.29) is 41.4 Å². The summed E-state index contributed by atoms with van der Waals surface area (Å²) in [6.07, 6.45) is -0.0145. The monoisotopic (exact) mass is 1020 g/mol. The third-order valence-corrected chi connectivity index (χ3v) is 12.0. The number of aliphatic carboxylic acids is 1. The molecule has 0 atom stereocenters. The second-order valence-electron chi connectivity index (χ2n) is 17.0. The number of nitrogens with zero attached hydrogens (tertiary/aromatic N) is 4. The number of amides is 2. The van der Waals surface area contributed by atoms with E-state index in [1.807, 2.05) is 44.7 Å². The Morgan fingerprint density at radius 2 is 1.04 bits per heavy atom. The molecule has 16 nitrogen and oxygen atoms in total. The van der Waals surface area contributed by atoms with Gasteiger partial charge in [-0.1, -0.05) is 68.8 Å². The van der Waals surface area contributed by atoms with E-state index >= 15 is 0 Å². The number of aromatic nitrogens is 2. The number of carbonyl (C=O) groups is 4. The minimum absolute atomic E-state index is 0.00513. The number of methoxy groups -OCH3 is 1. The Morgan fingerprint density at radius 1 is 0.623 bits per heavy atom. The first-order valence-corrected chi connectivity index (χ1v) is 23.3. The predicted octanol–water partition coefficient (Wildman–Crippen LogP) is 10.5. The molecule has 2 aromatic heterocycles. The van der Waals surface area contributed by atoms with Crippen LogP contribution in [0.15, 0.2) is 94.0 Å². The molecule has 69 heavy (non-hydrogen) atoms.